The van der Waals surface area contributed by atoms with Crippen molar-refractivity contribution in [3.8, 4) is 22.9 Å². The Morgan fingerprint density at radius 1 is 1.04 bits per heavy atom. The van der Waals surface area contributed by atoms with Crippen LogP contribution in [0.15, 0.2) is 24.3 Å². The number of rotatable bonds is 3. The maximum Gasteiger partial charge on any atom is 0.120 e. The van der Waals surface area contributed by atoms with Crippen LogP contribution in [0, 0.1) is 25.2 Å². The lowest BCUT2D eigenvalue weighted by Crippen LogP contribution is -2.25. The first-order valence-corrected chi connectivity index (χ1v) is 9.57. The van der Waals surface area contributed by atoms with Crippen LogP contribution in [-0.2, 0) is 17.6 Å². The van der Waals surface area contributed by atoms with Crippen molar-refractivity contribution in [3.63, 3.8) is 0 Å². The standard InChI is InChI=1S/C23H25NO2/c1-15-10-20(26-19-6-8-25-9-7-19)11-16(2)23(15)22-13-17(14-24)12-18-4-3-5-21(18)22/h10-13,19H,3-9H2,1-2H3. The first kappa shape index (κ1) is 17.1. The molecule has 134 valence electrons. The number of nitriles is 1. The molecule has 2 aromatic carbocycles. The molecule has 0 unspecified atom stereocenters. The summed E-state index contributed by atoms with van der Waals surface area (Å²) in [5, 5.41) is 9.43. The highest BCUT2D eigenvalue weighted by atomic mass is 16.5. The van der Waals surface area contributed by atoms with E-state index < -0.39 is 0 Å². The Labute approximate surface area is 155 Å². The predicted octanol–water partition coefficient (Wildman–Crippen LogP) is 4.89. The smallest absolute Gasteiger partial charge is 0.120 e. The molecule has 3 heteroatoms. The van der Waals surface area contributed by atoms with Gasteiger partial charge in [-0.1, -0.05) is 0 Å². The second-order valence-corrected chi connectivity index (χ2v) is 7.49. The molecule has 0 saturated carbocycles. The number of hydrogen-bond acceptors (Lipinski definition) is 3. The molecule has 1 aliphatic carbocycles. The molecule has 0 N–H and O–H groups in total. The summed E-state index contributed by atoms with van der Waals surface area (Å²) >= 11 is 0. The van der Waals surface area contributed by atoms with Gasteiger partial charge < -0.3 is 9.47 Å². The minimum Gasteiger partial charge on any atom is -0.490 e. The van der Waals surface area contributed by atoms with Crippen molar-refractivity contribution in [2.45, 2.75) is 52.1 Å². The molecule has 0 amide bonds. The summed E-state index contributed by atoms with van der Waals surface area (Å²) in [5.74, 6) is 0.948. The van der Waals surface area contributed by atoms with Gasteiger partial charge in [-0.3, -0.25) is 0 Å². The van der Waals surface area contributed by atoms with Crippen LogP contribution in [0.1, 0.15) is 47.1 Å². The fourth-order valence-corrected chi connectivity index (χ4v) is 4.40. The third kappa shape index (κ3) is 3.22. The van der Waals surface area contributed by atoms with Crippen molar-refractivity contribution in [2.75, 3.05) is 13.2 Å². The molecule has 3 nitrogen and oxygen atoms in total. The van der Waals surface area contributed by atoms with Gasteiger partial charge in [0.15, 0.2) is 0 Å². The maximum absolute atomic E-state index is 9.43. The molecule has 1 heterocycles. The summed E-state index contributed by atoms with van der Waals surface area (Å²) in [5.41, 5.74) is 8.48. The molecule has 1 fully saturated rings. The Morgan fingerprint density at radius 3 is 2.46 bits per heavy atom. The van der Waals surface area contributed by atoms with Gasteiger partial charge in [0.2, 0.25) is 0 Å². The van der Waals surface area contributed by atoms with E-state index in [0.29, 0.717) is 0 Å². The van der Waals surface area contributed by atoms with Crippen molar-refractivity contribution >= 4 is 0 Å². The van der Waals surface area contributed by atoms with Crippen molar-refractivity contribution in [1.29, 1.82) is 5.26 Å². The predicted molar refractivity (Wildman–Crippen MR) is 103 cm³/mol. The molecule has 0 atom stereocenters. The van der Waals surface area contributed by atoms with Crippen molar-refractivity contribution in [2.24, 2.45) is 0 Å². The van der Waals surface area contributed by atoms with Crippen LogP contribution >= 0.6 is 0 Å². The van der Waals surface area contributed by atoms with Crippen molar-refractivity contribution < 1.29 is 9.47 Å². The van der Waals surface area contributed by atoms with Gasteiger partial charge in [-0.05, 0) is 90.8 Å². The maximum atomic E-state index is 9.43. The van der Waals surface area contributed by atoms with Crippen molar-refractivity contribution in [3.05, 3.63) is 52.1 Å². The largest absolute Gasteiger partial charge is 0.490 e. The molecule has 1 saturated heterocycles. The second-order valence-electron chi connectivity index (χ2n) is 7.49. The molecule has 0 aromatic heterocycles. The topological polar surface area (TPSA) is 42.2 Å². The van der Waals surface area contributed by atoms with Gasteiger partial charge >= 0.3 is 0 Å². The molecule has 26 heavy (non-hydrogen) atoms. The Balaban J connectivity index is 1.72. The van der Waals surface area contributed by atoms with E-state index in [9.17, 15) is 5.26 Å². The van der Waals surface area contributed by atoms with Gasteiger partial charge in [-0.25, -0.2) is 0 Å². The summed E-state index contributed by atoms with van der Waals surface area (Å²) in [6, 6.07) is 10.8. The summed E-state index contributed by atoms with van der Waals surface area (Å²) in [7, 11) is 0. The third-order valence-electron chi connectivity index (χ3n) is 5.59. The number of aryl methyl sites for hydroxylation is 3. The minimum atomic E-state index is 0.250. The Kier molecular flexibility index (Phi) is 4.70. The first-order valence-electron chi connectivity index (χ1n) is 9.57. The second kappa shape index (κ2) is 7.13. The zero-order chi connectivity index (χ0) is 18.1. The Morgan fingerprint density at radius 2 is 1.77 bits per heavy atom. The highest BCUT2D eigenvalue weighted by Gasteiger charge is 2.21. The summed E-state index contributed by atoms with van der Waals surface area (Å²) in [6.45, 7) is 5.88. The van der Waals surface area contributed by atoms with E-state index in [1.807, 2.05) is 0 Å². The SMILES string of the molecule is Cc1cc(OC2CCOCC2)cc(C)c1-c1cc(C#N)cc2c1CCC2. The number of hydrogen-bond donors (Lipinski definition) is 0. The fourth-order valence-electron chi connectivity index (χ4n) is 4.40. The van der Waals surface area contributed by atoms with Gasteiger partial charge in [0.1, 0.15) is 11.9 Å². The molecule has 2 aromatic rings. The minimum absolute atomic E-state index is 0.250. The van der Waals surface area contributed by atoms with Crippen LogP contribution in [0.25, 0.3) is 11.1 Å². The van der Waals surface area contributed by atoms with E-state index in [-0.39, 0.29) is 6.10 Å². The zero-order valence-electron chi connectivity index (χ0n) is 15.6. The molecule has 1 aliphatic heterocycles. The quantitative estimate of drug-likeness (QED) is 0.794. The molecule has 0 spiro atoms. The molecular formula is C23H25NO2. The number of fused-ring (bicyclic) bond motifs is 1. The number of nitrogens with zero attached hydrogens (tertiary/aromatic N) is 1. The first-order chi connectivity index (χ1) is 12.7. The average Bonchev–Trinajstić information content (AvgIpc) is 3.10. The molecule has 2 aliphatic rings. The van der Waals surface area contributed by atoms with E-state index in [1.165, 1.54) is 39.8 Å². The highest BCUT2D eigenvalue weighted by molar-refractivity contribution is 5.77. The van der Waals surface area contributed by atoms with Crippen LogP contribution < -0.4 is 4.74 Å². The fraction of sp³-hybridized carbons (Fsp3) is 0.435. The monoisotopic (exact) mass is 347 g/mol. The number of benzene rings is 2. The van der Waals surface area contributed by atoms with Gasteiger partial charge in [0.25, 0.3) is 0 Å². The molecular weight excluding hydrogens is 322 g/mol. The summed E-state index contributed by atoms with van der Waals surface area (Å²) < 4.78 is 11.6. The highest BCUT2D eigenvalue weighted by Crippen LogP contribution is 2.38. The van der Waals surface area contributed by atoms with Crippen molar-refractivity contribution in [1.82, 2.24) is 0 Å². The molecule has 0 radical (unpaired) electrons. The van der Waals surface area contributed by atoms with E-state index >= 15 is 0 Å². The van der Waals surface area contributed by atoms with E-state index in [0.717, 1.165) is 50.2 Å². The van der Waals surface area contributed by atoms with Gasteiger partial charge in [0, 0.05) is 12.8 Å². The van der Waals surface area contributed by atoms with E-state index in [2.05, 4.69) is 44.2 Å². The summed E-state index contributed by atoms with van der Waals surface area (Å²) in [4.78, 5) is 0. The van der Waals surface area contributed by atoms with E-state index in [4.69, 9.17) is 9.47 Å². The van der Waals surface area contributed by atoms with Crippen LogP contribution in [-0.4, -0.2) is 19.3 Å². The van der Waals surface area contributed by atoms with Gasteiger partial charge in [-0.2, -0.15) is 5.26 Å². The average molecular weight is 347 g/mol. The zero-order valence-corrected chi connectivity index (χ0v) is 15.6. The lowest BCUT2D eigenvalue weighted by atomic mass is 9.89. The third-order valence-corrected chi connectivity index (χ3v) is 5.59. The Hall–Kier alpha value is -2.31. The summed E-state index contributed by atoms with van der Waals surface area (Å²) in [6.07, 6.45) is 5.53. The molecule has 4 rings (SSSR count). The number of ether oxygens (including phenoxy) is 2. The normalized spacial score (nSPS) is 17.0. The van der Waals surface area contributed by atoms with Crippen LogP contribution in [0.4, 0.5) is 0 Å². The van der Waals surface area contributed by atoms with E-state index in [1.54, 1.807) is 0 Å². The van der Waals surface area contributed by atoms with Gasteiger partial charge in [-0.15, -0.1) is 0 Å². The lowest BCUT2D eigenvalue weighted by Gasteiger charge is -2.24. The molecule has 0 bridgehead atoms. The van der Waals surface area contributed by atoms with Crippen LogP contribution in [0.5, 0.6) is 5.75 Å². The van der Waals surface area contributed by atoms with Crippen LogP contribution in [0.3, 0.4) is 0 Å². The Bertz CT molecular complexity index is 850. The van der Waals surface area contributed by atoms with Crippen LogP contribution in [0.2, 0.25) is 0 Å². The van der Waals surface area contributed by atoms with Gasteiger partial charge in [0.05, 0.1) is 24.8 Å². The lowest BCUT2D eigenvalue weighted by molar-refractivity contribution is 0.0255.